The number of rotatable bonds is 3. The number of hydrogen-bond donors (Lipinski definition) is 1. The van der Waals surface area contributed by atoms with Crippen LogP contribution in [0.4, 0.5) is 18.9 Å². The van der Waals surface area contributed by atoms with Gasteiger partial charge in [-0.2, -0.15) is 13.2 Å². The molecule has 0 aliphatic heterocycles. The zero-order valence-electron chi connectivity index (χ0n) is 9.39. The Balaban J connectivity index is 2.13. The van der Waals surface area contributed by atoms with Crippen molar-refractivity contribution in [1.82, 2.24) is 0 Å². The fraction of sp³-hybridized carbons (Fsp3) is 0.167. The molecular weight excluding hydrogens is 407 g/mol. The van der Waals surface area contributed by atoms with Gasteiger partial charge >= 0.3 is 6.18 Å². The van der Waals surface area contributed by atoms with E-state index in [9.17, 15) is 13.2 Å². The van der Waals surface area contributed by atoms with E-state index in [0.29, 0.717) is 12.2 Å². The quantitative estimate of drug-likeness (QED) is 0.658. The Bertz CT molecular complexity index is 581. The summed E-state index contributed by atoms with van der Waals surface area (Å²) < 4.78 is 39.2. The first-order valence-corrected chi connectivity index (χ1v) is 7.66. The molecule has 102 valence electrons. The summed E-state index contributed by atoms with van der Waals surface area (Å²) in [4.78, 5) is 1.04. The average Bonchev–Trinajstić information content (AvgIpc) is 2.72. The first kappa shape index (κ1) is 14.9. The minimum Gasteiger partial charge on any atom is -0.380 e. The van der Waals surface area contributed by atoms with Crippen LogP contribution in [0.1, 0.15) is 10.4 Å². The Morgan fingerprint density at radius 2 is 1.89 bits per heavy atom. The Kier molecular flexibility index (Phi) is 4.58. The summed E-state index contributed by atoms with van der Waals surface area (Å²) in [7, 11) is 0. The largest absolute Gasteiger partial charge is 0.417 e. The van der Waals surface area contributed by atoms with Crippen LogP contribution in [-0.4, -0.2) is 0 Å². The molecule has 0 radical (unpaired) electrons. The van der Waals surface area contributed by atoms with Crippen LogP contribution in [0.25, 0.3) is 0 Å². The van der Waals surface area contributed by atoms with Crippen LogP contribution >= 0.6 is 43.2 Å². The molecule has 1 N–H and O–H groups in total. The van der Waals surface area contributed by atoms with E-state index in [-0.39, 0.29) is 4.47 Å². The normalized spacial score (nSPS) is 11.6. The minimum atomic E-state index is -4.36. The van der Waals surface area contributed by atoms with Crippen LogP contribution in [0.5, 0.6) is 0 Å². The average molecular weight is 415 g/mol. The lowest BCUT2D eigenvalue weighted by atomic mass is 10.2. The molecule has 0 bridgehead atoms. The van der Waals surface area contributed by atoms with Gasteiger partial charge in [0.25, 0.3) is 0 Å². The van der Waals surface area contributed by atoms with Gasteiger partial charge < -0.3 is 5.32 Å². The smallest absolute Gasteiger partial charge is 0.380 e. The highest BCUT2D eigenvalue weighted by molar-refractivity contribution is 9.10. The van der Waals surface area contributed by atoms with Crippen molar-refractivity contribution in [3.8, 4) is 0 Å². The first-order chi connectivity index (χ1) is 8.86. The van der Waals surface area contributed by atoms with Crippen LogP contribution in [0.3, 0.4) is 0 Å². The van der Waals surface area contributed by atoms with Crippen molar-refractivity contribution in [3.63, 3.8) is 0 Å². The van der Waals surface area contributed by atoms with E-state index in [1.54, 1.807) is 17.4 Å². The predicted molar refractivity (Wildman–Crippen MR) is 78.5 cm³/mol. The number of alkyl halides is 3. The number of hydrogen-bond acceptors (Lipinski definition) is 2. The highest BCUT2D eigenvalue weighted by Gasteiger charge is 2.33. The molecule has 1 aromatic heterocycles. The standard InChI is InChI=1S/C12H8Br2F3NS/c13-7-3-9(19-6-7)5-18-8-1-2-11(14)10(4-8)12(15,16)17/h1-4,6,18H,5H2. The molecule has 0 aliphatic carbocycles. The van der Waals surface area contributed by atoms with Crippen molar-refractivity contribution >= 4 is 48.9 Å². The van der Waals surface area contributed by atoms with Crippen LogP contribution < -0.4 is 5.32 Å². The van der Waals surface area contributed by atoms with Gasteiger partial charge in [0.2, 0.25) is 0 Å². The summed E-state index contributed by atoms with van der Waals surface area (Å²) in [5.74, 6) is 0. The maximum Gasteiger partial charge on any atom is 0.417 e. The minimum absolute atomic E-state index is 0.0458. The van der Waals surface area contributed by atoms with E-state index in [1.807, 2.05) is 11.4 Å². The van der Waals surface area contributed by atoms with Gasteiger partial charge in [-0.25, -0.2) is 0 Å². The van der Waals surface area contributed by atoms with E-state index >= 15 is 0 Å². The van der Waals surface area contributed by atoms with E-state index in [0.717, 1.165) is 15.4 Å². The van der Waals surface area contributed by atoms with Gasteiger partial charge in [0.1, 0.15) is 0 Å². The van der Waals surface area contributed by atoms with E-state index < -0.39 is 11.7 Å². The maximum atomic E-state index is 12.7. The van der Waals surface area contributed by atoms with Crippen molar-refractivity contribution in [1.29, 1.82) is 0 Å². The van der Waals surface area contributed by atoms with Gasteiger partial charge in [0.05, 0.1) is 5.56 Å². The van der Waals surface area contributed by atoms with Crippen LogP contribution in [0.2, 0.25) is 0 Å². The first-order valence-electron chi connectivity index (χ1n) is 5.20. The summed E-state index contributed by atoms with van der Waals surface area (Å²) >= 11 is 7.79. The zero-order chi connectivity index (χ0) is 14.0. The van der Waals surface area contributed by atoms with Crippen LogP contribution in [0.15, 0.2) is 38.6 Å². The van der Waals surface area contributed by atoms with E-state index in [1.165, 1.54) is 6.07 Å². The molecule has 2 aromatic rings. The summed E-state index contributed by atoms with van der Waals surface area (Å²) in [6, 6.07) is 6.05. The molecule has 0 amide bonds. The highest BCUT2D eigenvalue weighted by Crippen LogP contribution is 2.36. The van der Waals surface area contributed by atoms with Crippen molar-refractivity contribution in [2.75, 3.05) is 5.32 Å². The molecule has 0 saturated heterocycles. The molecule has 0 spiro atoms. The van der Waals surface area contributed by atoms with Gasteiger partial charge in [0.15, 0.2) is 0 Å². The number of thiophene rings is 1. The second-order valence-electron chi connectivity index (χ2n) is 3.78. The second-order valence-corrected chi connectivity index (χ2v) is 6.54. The molecule has 0 saturated carbocycles. The predicted octanol–water partition coefficient (Wildman–Crippen LogP) is 5.90. The van der Waals surface area contributed by atoms with Gasteiger partial charge in [0, 0.05) is 31.4 Å². The lowest BCUT2D eigenvalue weighted by Gasteiger charge is -2.12. The molecule has 1 aromatic carbocycles. The Morgan fingerprint density at radius 3 is 2.47 bits per heavy atom. The monoisotopic (exact) mass is 413 g/mol. The lowest BCUT2D eigenvalue weighted by molar-refractivity contribution is -0.138. The van der Waals surface area contributed by atoms with Gasteiger partial charge in [-0.1, -0.05) is 15.9 Å². The molecule has 0 fully saturated rings. The van der Waals surface area contributed by atoms with Crippen molar-refractivity contribution in [2.45, 2.75) is 12.7 Å². The SMILES string of the molecule is FC(F)(F)c1cc(NCc2cc(Br)cs2)ccc1Br. The molecule has 0 aliphatic rings. The summed E-state index contributed by atoms with van der Waals surface area (Å²) in [5, 5.41) is 4.91. The number of benzene rings is 1. The van der Waals surface area contributed by atoms with Gasteiger partial charge in [-0.05, 0) is 40.2 Å². The maximum absolute atomic E-state index is 12.7. The summed E-state index contributed by atoms with van der Waals surface area (Å²) in [6.07, 6.45) is -4.36. The molecular formula is C12H8Br2F3NS. The Labute approximate surface area is 129 Å². The zero-order valence-corrected chi connectivity index (χ0v) is 13.4. The molecule has 2 rings (SSSR count). The number of nitrogens with one attached hydrogen (secondary N) is 1. The Morgan fingerprint density at radius 1 is 1.16 bits per heavy atom. The molecule has 7 heteroatoms. The van der Waals surface area contributed by atoms with Crippen LogP contribution in [0, 0.1) is 0 Å². The molecule has 1 heterocycles. The van der Waals surface area contributed by atoms with E-state index in [4.69, 9.17) is 0 Å². The Hall–Kier alpha value is -0.530. The second kappa shape index (κ2) is 5.85. The van der Waals surface area contributed by atoms with Crippen molar-refractivity contribution in [3.05, 3.63) is 49.0 Å². The fourth-order valence-corrected chi connectivity index (χ4v) is 3.35. The third-order valence-corrected chi connectivity index (χ3v) is 4.75. The summed E-state index contributed by atoms with van der Waals surface area (Å²) in [5.41, 5.74) is -0.232. The third kappa shape index (κ3) is 3.97. The number of halogens is 5. The molecule has 19 heavy (non-hydrogen) atoms. The molecule has 0 atom stereocenters. The molecule has 1 nitrogen and oxygen atoms in total. The number of anilines is 1. The van der Waals surface area contributed by atoms with E-state index in [2.05, 4.69) is 37.2 Å². The van der Waals surface area contributed by atoms with Gasteiger partial charge in [-0.15, -0.1) is 11.3 Å². The van der Waals surface area contributed by atoms with Crippen LogP contribution in [-0.2, 0) is 12.7 Å². The highest BCUT2D eigenvalue weighted by atomic mass is 79.9. The lowest BCUT2D eigenvalue weighted by Crippen LogP contribution is -2.07. The molecule has 0 unspecified atom stereocenters. The van der Waals surface area contributed by atoms with Crippen molar-refractivity contribution < 1.29 is 13.2 Å². The van der Waals surface area contributed by atoms with Crippen molar-refractivity contribution in [2.24, 2.45) is 0 Å². The third-order valence-electron chi connectivity index (χ3n) is 2.36. The topological polar surface area (TPSA) is 12.0 Å². The summed E-state index contributed by atoms with van der Waals surface area (Å²) in [6.45, 7) is 0.495. The fourth-order valence-electron chi connectivity index (χ4n) is 1.49. The van der Waals surface area contributed by atoms with Gasteiger partial charge in [-0.3, -0.25) is 0 Å².